The van der Waals surface area contributed by atoms with E-state index in [-0.39, 0.29) is 18.3 Å². The zero-order valence-corrected chi connectivity index (χ0v) is 16.4. The molecule has 0 atom stereocenters. The number of thioether (sulfide) groups is 2. The third-order valence-corrected chi connectivity index (χ3v) is 6.86. The van der Waals surface area contributed by atoms with Crippen LogP contribution < -0.4 is 14.9 Å². The first kappa shape index (κ1) is 19.4. The van der Waals surface area contributed by atoms with Crippen molar-refractivity contribution in [2.75, 3.05) is 25.2 Å². The number of nitrogens with one attached hydrogen (secondary N) is 1. The van der Waals surface area contributed by atoms with Gasteiger partial charge in [-0.2, -0.15) is 5.10 Å². The van der Waals surface area contributed by atoms with Crippen molar-refractivity contribution in [1.82, 2.24) is 5.43 Å². The smallest absolute Gasteiger partial charge is 0.277 e. The van der Waals surface area contributed by atoms with Crippen LogP contribution in [-0.4, -0.2) is 42.5 Å². The van der Waals surface area contributed by atoms with E-state index in [0.717, 1.165) is 0 Å². The van der Waals surface area contributed by atoms with Crippen LogP contribution in [0.2, 0.25) is 0 Å². The molecule has 2 aromatic rings. The van der Waals surface area contributed by atoms with Crippen LogP contribution in [0.25, 0.3) is 0 Å². The van der Waals surface area contributed by atoms with Gasteiger partial charge in [0.2, 0.25) is 0 Å². The zero-order valence-electron chi connectivity index (χ0n) is 14.8. The molecule has 0 aromatic heterocycles. The van der Waals surface area contributed by atoms with Gasteiger partial charge in [0.25, 0.3) is 5.91 Å². The molecule has 27 heavy (non-hydrogen) atoms. The average Bonchev–Trinajstić information content (AvgIpc) is 3.23. The molecule has 0 saturated carbocycles. The molecule has 1 amide bonds. The lowest BCUT2D eigenvalue weighted by atomic mass is 10.2. The Kier molecular flexibility index (Phi) is 6.89. The molecule has 1 saturated heterocycles. The molecule has 2 N–H and O–H groups in total. The van der Waals surface area contributed by atoms with Gasteiger partial charge in [-0.05, 0) is 41.5 Å². The summed E-state index contributed by atoms with van der Waals surface area (Å²) in [7, 11) is 1.47. The molecule has 2 aromatic carbocycles. The highest BCUT2D eigenvalue weighted by Gasteiger charge is 2.17. The summed E-state index contributed by atoms with van der Waals surface area (Å²) < 4.78 is 11.0. The van der Waals surface area contributed by atoms with Gasteiger partial charge in [0, 0.05) is 11.5 Å². The normalized spacial score (nSPS) is 14.4. The van der Waals surface area contributed by atoms with Gasteiger partial charge in [0.15, 0.2) is 18.1 Å². The van der Waals surface area contributed by atoms with Crippen LogP contribution in [0.15, 0.2) is 47.6 Å². The molecular weight excluding hydrogens is 384 g/mol. The maximum absolute atomic E-state index is 11.8. The number of methoxy groups -OCH3 is 1. The number of aromatic hydroxyl groups is 1. The number of amides is 1. The Morgan fingerprint density at radius 1 is 1.26 bits per heavy atom. The van der Waals surface area contributed by atoms with Crippen molar-refractivity contribution in [2.24, 2.45) is 5.10 Å². The summed E-state index contributed by atoms with van der Waals surface area (Å²) in [6, 6.07) is 12.6. The third kappa shape index (κ3) is 5.58. The zero-order chi connectivity index (χ0) is 19.1. The van der Waals surface area contributed by atoms with Gasteiger partial charge in [0.05, 0.1) is 17.9 Å². The molecule has 1 aliphatic heterocycles. The molecular formula is C19H20N2O4S2. The Balaban J connectivity index is 1.45. The van der Waals surface area contributed by atoms with Gasteiger partial charge in [-0.25, -0.2) is 5.43 Å². The van der Waals surface area contributed by atoms with Crippen LogP contribution in [0, 0.1) is 0 Å². The fraction of sp³-hybridized carbons (Fsp3) is 0.263. The van der Waals surface area contributed by atoms with Gasteiger partial charge in [-0.15, -0.1) is 23.5 Å². The highest BCUT2D eigenvalue weighted by atomic mass is 32.2. The molecule has 1 heterocycles. The van der Waals surface area contributed by atoms with Crippen LogP contribution >= 0.6 is 23.5 Å². The van der Waals surface area contributed by atoms with Crippen LogP contribution in [0.4, 0.5) is 0 Å². The van der Waals surface area contributed by atoms with E-state index in [9.17, 15) is 9.90 Å². The first-order valence-corrected chi connectivity index (χ1v) is 10.4. The molecule has 0 spiro atoms. The standard InChI is InChI=1S/C19H20N2O4S2/c1-24-17-10-13(2-7-16(17)22)11-20-21-18(23)12-25-15-5-3-14(4-6-15)19-26-8-9-27-19/h2-7,10-11,19,22H,8-9,12H2,1H3,(H,21,23)/b20-11-. The third-order valence-electron chi connectivity index (χ3n) is 3.75. The van der Waals surface area contributed by atoms with E-state index in [1.807, 2.05) is 47.8 Å². The molecule has 0 radical (unpaired) electrons. The second-order valence-corrected chi connectivity index (χ2v) is 8.38. The number of carbonyl (C=O) groups excluding carboxylic acids is 1. The summed E-state index contributed by atoms with van der Waals surface area (Å²) in [5, 5.41) is 13.4. The van der Waals surface area contributed by atoms with Crippen LogP contribution in [0.5, 0.6) is 17.2 Å². The number of carbonyl (C=O) groups is 1. The van der Waals surface area contributed by atoms with E-state index >= 15 is 0 Å². The van der Waals surface area contributed by atoms with Gasteiger partial charge in [-0.3, -0.25) is 4.79 Å². The number of hydrogen-bond donors (Lipinski definition) is 2. The van der Waals surface area contributed by atoms with E-state index in [2.05, 4.69) is 10.5 Å². The lowest BCUT2D eigenvalue weighted by molar-refractivity contribution is -0.123. The number of nitrogens with zero attached hydrogens (tertiary/aromatic N) is 1. The van der Waals surface area contributed by atoms with E-state index < -0.39 is 0 Å². The van der Waals surface area contributed by atoms with Crippen molar-refractivity contribution in [3.05, 3.63) is 53.6 Å². The number of phenolic OH excluding ortho intramolecular Hbond substituents is 1. The summed E-state index contributed by atoms with van der Waals surface area (Å²) in [4.78, 5) is 11.8. The second kappa shape index (κ2) is 9.57. The van der Waals surface area contributed by atoms with Gasteiger partial charge in [-0.1, -0.05) is 12.1 Å². The minimum atomic E-state index is -0.358. The molecule has 1 aliphatic rings. The van der Waals surface area contributed by atoms with Crippen molar-refractivity contribution < 1.29 is 19.4 Å². The number of benzene rings is 2. The molecule has 1 fully saturated rings. The Morgan fingerprint density at radius 2 is 2.00 bits per heavy atom. The molecule has 142 valence electrons. The SMILES string of the molecule is COc1cc(/C=N\NC(=O)COc2ccc(C3SCCS3)cc2)ccc1O. The molecule has 6 nitrogen and oxygen atoms in total. The summed E-state index contributed by atoms with van der Waals surface area (Å²) in [5.74, 6) is 3.04. The average molecular weight is 405 g/mol. The first-order valence-electron chi connectivity index (χ1n) is 8.30. The highest BCUT2D eigenvalue weighted by Crippen LogP contribution is 2.45. The number of ether oxygens (including phenoxy) is 2. The molecule has 0 aliphatic carbocycles. The van der Waals surface area contributed by atoms with Gasteiger partial charge < -0.3 is 14.6 Å². The number of hydrogen-bond acceptors (Lipinski definition) is 7. The van der Waals surface area contributed by atoms with E-state index in [1.54, 1.807) is 12.1 Å². The van der Waals surface area contributed by atoms with Crippen molar-refractivity contribution in [1.29, 1.82) is 0 Å². The van der Waals surface area contributed by atoms with E-state index in [0.29, 0.717) is 21.6 Å². The maximum Gasteiger partial charge on any atom is 0.277 e. The van der Waals surface area contributed by atoms with Crippen molar-refractivity contribution >= 4 is 35.6 Å². The topological polar surface area (TPSA) is 80.2 Å². The van der Waals surface area contributed by atoms with Crippen molar-refractivity contribution in [3.63, 3.8) is 0 Å². The first-order chi connectivity index (χ1) is 13.2. The molecule has 3 rings (SSSR count). The van der Waals surface area contributed by atoms with Crippen LogP contribution in [0.3, 0.4) is 0 Å². The number of hydrazone groups is 1. The number of phenols is 1. The molecule has 0 unspecified atom stereocenters. The lowest BCUT2D eigenvalue weighted by Crippen LogP contribution is -2.24. The maximum atomic E-state index is 11.8. The van der Waals surface area contributed by atoms with Crippen LogP contribution in [-0.2, 0) is 4.79 Å². The number of rotatable bonds is 7. The van der Waals surface area contributed by atoms with Crippen molar-refractivity contribution in [3.8, 4) is 17.2 Å². The minimum Gasteiger partial charge on any atom is -0.504 e. The summed E-state index contributed by atoms with van der Waals surface area (Å²) >= 11 is 3.90. The monoisotopic (exact) mass is 404 g/mol. The van der Waals surface area contributed by atoms with E-state index in [4.69, 9.17) is 9.47 Å². The Bertz CT molecular complexity index is 806. The predicted molar refractivity (Wildman–Crippen MR) is 110 cm³/mol. The van der Waals surface area contributed by atoms with Crippen molar-refractivity contribution in [2.45, 2.75) is 4.58 Å². The van der Waals surface area contributed by atoms with Gasteiger partial charge in [0.1, 0.15) is 5.75 Å². The Morgan fingerprint density at radius 3 is 2.70 bits per heavy atom. The summed E-state index contributed by atoms with van der Waals surface area (Å²) in [5.41, 5.74) is 4.36. The second-order valence-electron chi connectivity index (χ2n) is 5.66. The quantitative estimate of drug-likeness (QED) is 0.544. The summed E-state index contributed by atoms with van der Waals surface area (Å²) in [6.07, 6.45) is 1.46. The van der Waals surface area contributed by atoms with Gasteiger partial charge >= 0.3 is 0 Å². The largest absolute Gasteiger partial charge is 0.504 e. The Labute approximate surface area is 166 Å². The van der Waals surface area contributed by atoms with Crippen LogP contribution in [0.1, 0.15) is 15.7 Å². The minimum absolute atomic E-state index is 0.0447. The lowest BCUT2D eigenvalue weighted by Gasteiger charge is -2.10. The fourth-order valence-corrected chi connectivity index (χ4v) is 5.27. The molecule has 0 bridgehead atoms. The highest BCUT2D eigenvalue weighted by molar-refractivity contribution is 8.19. The summed E-state index contributed by atoms with van der Waals surface area (Å²) in [6.45, 7) is -0.123. The molecule has 8 heteroatoms. The Hall–Kier alpha value is -2.32. The van der Waals surface area contributed by atoms with E-state index in [1.165, 1.54) is 36.5 Å². The fourth-order valence-electron chi connectivity index (χ4n) is 2.41. The predicted octanol–water partition coefficient (Wildman–Crippen LogP) is 3.41.